The molecule has 0 atom stereocenters. The Labute approximate surface area is 158 Å². The molecule has 1 amide bonds. The minimum Gasteiger partial charge on any atom is -0.385 e. The maximum Gasteiger partial charge on any atom is 0.264 e. The van der Waals surface area contributed by atoms with Gasteiger partial charge in [-0.15, -0.1) is 0 Å². The zero-order valence-electron chi connectivity index (χ0n) is 14.6. The quantitative estimate of drug-likeness (QED) is 0.696. The summed E-state index contributed by atoms with van der Waals surface area (Å²) in [6.45, 7) is 1.04. The van der Waals surface area contributed by atoms with Crippen molar-refractivity contribution in [3.05, 3.63) is 59.1 Å². The van der Waals surface area contributed by atoms with Gasteiger partial charge in [-0.25, -0.2) is 8.42 Å². The molecule has 0 aliphatic carbocycles. The van der Waals surface area contributed by atoms with E-state index >= 15 is 0 Å². The van der Waals surface area contributed by atoms with Gasteiger partial charge in [0.15, 0.2) is 0 Å². The largest absolute Gasteiger partial charge is 0.385 e. The van der Waals surface area contributed by atoms with Gasteiger partial charge in [-0.3, -0.25) is 9.10 Å². The van der Waals surface area contributed by atoms with E-state index in [1.54, 1.807) is 31.4 Å². The van der Waals surface area contributed by atoms with Crippen LogP contribution in [-0.4, -0.2) is 41.6 Å². The Morgan fingerprint density at radius 2 is 1.88 bits per heavy atom. The van der Waals surface area contributed by atoms with Crippen molar-refractivity contribution >= 4 is 33.2 Å². The molecule has 2 rings (SSSR count). The molecule has 0 spiro atoms. The molecule has 0 bridgehead atoms. The Bertz CT molecular complexity index is 854. The third kappa shape index (κ3) is 4.97. The molecular formula is C18H21ClN2O4S. The van der Waals surface area contributed by atoms with Gasteiger partial charge in [0.25, 0.3) is 15.9 Å². The van der Waals surface area contributed by atoms with E-state index in [1.165, 1.54) is 31.3 Å². The summed E-state index contributed by atoms with van der Waals surface area (Å²) in [5.41, 5.74) is 0.780. The molecule has 0 aliphatic heterocycles. The Hall–Kier alpha value is -2.09. The molecule has 0 heterocycles. The van der Waals surface area contributed by atoms with Crippen molar-refractivity contribution in [2.75, 3.05) is 31.6 Å². The van der Waals surface area contributed by atoms with Crippen LogP contribution in [-0.2, 0) is 14.8 Å². The van der Waals surface area contributed by atoms with Crippen molar-refractivity contribution in [1.29, 1.82) is 0 Å². The van der Waals surface area contributed by atoms with Crippen LogP contribution in [0.5, 0.6) is 0 Å². The van der Waals surface area contributed by atoms with Crippen molar-refractivity contribution in [2.45, 2.75) is 11.3 Å². The number of amides is 1. The highest BCUT2D eigenvalue weighted by Gasteiger charge is 2.21. The Kier molecular flexibility index (Phi) is 7.02. The molecule has 0 unspecified atom stereocenters. The summed E-state index contributed by atoms with van der Waals surface area (Å²) in [6.07, 6.45) is 0.701. The number of ether oxygens (including phenoxy) is 1. The molecule has 1 N–H and O–H groups in total. The predicted octanol–water partition coefficient (Wildman–Crippen LogP) is 2.93. The fourth-order valence-corrected chi connectivity index (χ4v) is 3.58. The standard InChI is InChI=1S/C18H21ClN2O4S/c1-21(26(23,24)17-9-7-15(19)8-10-17)16-6-3-5-14(13-16)18(22)20-11-4-12-25-2/h3,5-10,13H,4,11-12H2,1-2H3,(H,20,22). The average molecular weight is 397 g/mol. The van der Waals surface area contributed by atoms with Gasteiger partial charge in [0.05, 0.1) is 10.6 Å². The second-order valence-electron chi connectivity index (χ2n) is 5.58. The van der Waals surface area contributed by atoms with Gasteiger partial charge in [-0.05, 0) is 48.9 Å². The highest BCUT2D eigenvalue weighted by Crippen LogP contribution is 2.24. The molecule has 8 heteroatoms. The first kappa shape index (κ1) is 20.2. The molecule has 0 aliphatic rings. The van der Waals surface area contributed by atoms with E-state index in [-0.39, 0.29) is 10.8 Å². The molecule has 0 saturated heterocycles. The Balaban J connectivity index is 2.18. The Morgan fingerprint density at radius 1 is 1.19 bits per heavy atom. The highest BCUT2D eigenvalue weighted by molar-refractivity contribution is 7.92. The maximum absolute atomic E-state index is 12.7. The monoisotopic (exact) mass is 396 g/mol. The molecule has 2 aromatic rings. The molecule has 6 nitrogen and oxygen atoms in total. The number of hydrogen-bond acceptors (Lipinski definition) is 4. The van der Waals surface area contributed by atoms with Gasteiger partial charge in [0.2, 0.25) is 0 Å². The number of rotatable bonds is 8. The van der Waals surface area contributed by atoms with E-state index in [2.05, 4.69) is 5.32 Å². The number of nitrogens with zero attached hydrogens (tertiary/aromatic N) is 1. The van der Waals surface area contributed by atoms with E-state index in [9.17, 15) is 13.2 Å². The lowest BCUT2D eigenvalue weighted by molar-refractivity contribution is 0.0948. The molecule has 2 aromatic carbocycles. The zero-order chi connectivity index (χ0) is 19.2. The normalized spacial score (nSPS) is 11.2. The van der Waals surface area contributed by atoms with Gasteiger partial charge in [-0.2, -0.15) is 0 Å². The first-order valence-electron chi connectivity index (χ1n) is 7.98. The van der Waals surface area contributed by atoms with E-state index in [0.29, 0.717) is 35.8 Å². The molecule has 26 heavy (non-hydrogen) atoms. The number of anilines is 1. The van der Waals surface area contributed by atoms with E-state index in [4.69, 9.17) is 16.3 Å². The van der Waals surface area contributed by atoms with Crippen LogP contribution in [0.4, 0.5) is 5.69 Å². The SMILES string of the molecule is COCCCNC(=O)c1cccc(N(C)S(=O)(=O)c2ccc(Cl)cc2)c1. The number of carbonyl (C=O) groups excluding carboxylic acids is 1. The van der Waals surface area contributed by atoms with Gasteiger partial charge in [0, 0.05) is 37.9 Å². The smallest absolute Gasteiger partial charge is 0.264 e. The molecule has 0 radical (unpaired) electrons. The van der Waals surface area contributed by atoms with Crippen LogP contribution in [0, 0.1) is 0 Å². The van der Waals surface area contributed by atoms with Crippen molar-refractivity contribution in [3.63, 3.8) is 0 Å². The van der Waals surface area contributed by atoms with Crippen LogP contribution in [0.3, 0.4) is 0 Å². The molecule has 140 valence electrons. The lowest BCUT2D eigenvalue weighted by atomic mass is 10.2. The van der Waals surface area contributed by atoms with Crippen molar-refractivity contribution < 1.29 is 17.9 Å². The fraction of sp³-hybridized carbons (Fsp3) is 0.278. The fourth-order valence-electron chi connectivity index (χ4n) is 2.27. The number of methoxy groups -OCH3 is 1. The van der Waals surface area contributed by atoms with Crippen LogP contribution in [0.2, 0.25) is 5.02 Å². The topological polar surface area (TPSA) is 75.7 Å². The summed E-state index contributed by atoms with van der Waals surface area (Å²) < 4.78 is 31.5. The van der Waals surface area contributed by atoms with Crippen LogP contribution in [0.1, 0.15) is 16.8 Å². The van der Waals surface area contributed by atoms with E-state index < -0.39 is 10.0 Å². The molecule has 0 saturated carbocycles. The van der Waals surface area contributed by atoms with Crippen molar-refractivity contribution in [2.24, 2.45) is 0 Å². The third-order valence-electron chi connectivity index (χ3n) is 3.75. The number of carbonyl (C=O) groups is 1. The predicted molar refractivity (Wildman–Crippen MR) is 102 cm³/mol. The summed E-state index contributed by atoms with van der Waals surface area (Å²) in [5, 5.41) is 3.23. The lowest BCUT2D eigenvalue weighted by Gasteiger charge is -2.20. The van der Waals surface area contributed by atoms with Gasteiger partial charge >= 0.3 is 0 Å². The van der Waals surface area contributed by atoms with Gasteiger partial charge < -0.3 is 10.1 Å². The minimum atomic E-state index is -3.75. The number of hydrogen-bond donors (Lipinski definition) is 1. The summed E-state index contributed by atoms with van der Waals surface area (Å²) >= 11 is 5.81. The summed E-state index contributed by atoms with van der Waals surface area (Å²) in [6, 6.07) is 12.4. The molecule has 0 fully saturated rings. The average Bonchev–Trinajstić information content (AvgIpc) is 2.65. The van der Waals surface area contributed by atoms with E-state index in [1.807, 2.05) is 0 Å². The third-order valence-corrected chi connectivity index (χ3v) is 5.81. The highest BCUT2D eigenvalue weighted by atomic mass is 35.5. The minimum absolute atomic E-state index is 0.124. The second-order valence-corrected chi connectivity index (χ2v) is 7.98. The number of halogens is 1. The molecular weight excluding hydrogens is 376 g/mol. The maximum atomic E-state index is 12.7. The van der Waals surface area contributed by atoms with Gasteiger partial charge in [-0.1, -0.05) is 17.7 Å². The number of nitrogens with one attached hydrogen (secondary N) is 1. The molecule has 0 aromatic heterocycles. The number of sulfonamides is 1. The van der Waals surface area contributed by atoms with Crippen LogP contribution >= 0.6 is 11.6 Å². The summed E-state index contributed by atoms with van der Waals surface area (Å²) in [5.74, 6) is -0.264. The first-order valence-corrected chi connectivity index (χ1v) is 9.80. The van der Waals surface area contributed by atoms with Crippen LogP contribution in [0.25, 0.3) is 0 Å². The van der Waals surface area contributed by atoms with Crippen molar-refractivity contribution in [3.8, 4) is 0 Å². The zero-order valence-corrected chi connectivity index (χ0v) is 16.2. The summed E-state index contributed by atoms with van der Waals surface area (Å²) in [7, 11) is -0.706. The first-order chi connectivity index (χ1) is 12.4. The van der Waals surface area contributed by atoms with Gasteiger partial charge in [0.1, 0.15) is 0 Å². The number of benzene rings is 2. The Morgan fingerprint density at radius 3 is 2.54 bits per heavy atom. The van der Waals surface area contributed by atoms with Crippen molar-refractivity contribution in [1.82, 2.24) is 5.32 Å². The van der Waals surface area contributed by atoms with E-state index in [0.717, 1.165) is 4.31 Å². The van der Waals surface area contributed by atoms with Crippen LogP contribution < -0.4 is 9.62 Å². The second kappa shape index (κ2) is 9.02. The summed E-state index contributed by atoms with van der Waals surface area (Å²) in [4.78, 5) is 12.3. The lowest BCUT2D eigenvalue weighted by Crippen LogP contribution is -2.28. The van der Waals surface area contributed by atoms with Crippen LogP contribution in [0.15, 0.2) is 53.4 Å².